The van der Waals surface area contributed by atoms with Crippen molar-refractivity contribution in [2.75, 3.05) is 18.8 Å². The summed E-state index contributed by atoms with van der Waals surface area (Å²) < 4.78 is 13.4. The van der Waals surface area contributed by atoms with Crippen molar-refractivity contribution in [2.45, 2.75) is 44.7 Å². The van der Waals surface area contributed by atoms with Gasteiger partial charge in [0.1, 0.15) is 5.82 Å². The first-order valence-electron chi connectivity index (χ1n) is 10.2. The van der Waals surface area contributed by atoms with E-state index in [-0.39, 0.29) is 23.7 Å². The van der Waals surface area contributed by atoms with Crippen LogP contribution in [0.15, 0.2) is 42.5 Å². The molecule has 0 bridgehead atoms. The van der Waals surface area contributed by atoms with Crippen LogP contribution >= 0.6 is 0 Å². The van der Waals surface area contributed by atoms with Crippen LogP contribution in [0.5, 0.6) is 0 Å². The van der Waals surface area contributed by atoms with Crippen LogP contribution in [0.25, 0.3) is 0 Å². The fraction of sp³-hybridized carbons (Fsp3) is 0.435. The van der Waals surface area contributed by atoms with Crippen molar-refractivity contribution in [1.29, 1.82) is 0 Å². The lowest BCUT2D eigenvalue weighted by atomic mass is 9.86. The second-order valence-electron chi connectivity index (χ2n) is 8.12. The molecule has 28 heavy (non-hydrogen) atoms. The lowest BCUT2D eigenvalue weighted by Gasteiger charge is -2.34. The third-order valence-corrected chi connectivity index (χ3v) is 5.97. The Labute approximate surface area is 165 Å². The number of piperidine rings is 1. The van der Waals surface area contributed by atoms with Crippen molar-refractivity contribution in [2.24, 2.45) is 5.92 Å². The zero-order valence-electron chi connectivity index (χ0n) is 16.2. The number of halogens is 1. The summed E-state index contributed by atoms with van der Waals surface area (Å²) in [4.78, 5) is 15.2. The van der Waals surface area contributed by atoms with Crippen molar-refractivity contribution in [3.05, 3.63) is 65.0 Å². The van der Waals surface area contributed by atoms with Gasteiger partial charge in [-0.25, -0.2) is 4.39 Å². The summed E-state index contributed by atoms with van der Waals surface area (Å²) >= 11 is 0. The molecule has 0 aromatic heterocycles. The maximum Gasteiger partial charge on any atom is 0.224 e. The summed E-state index contributed by atoms with van der Waals surface area (Å²) in [6.07, 6.45) is 4.97. The van der Waals surface area contributed by atoms with Crippen molar-refractivity contribution < 1.29 is 9.18 Å². The number of hydrogen-bond acceptors (Lipinski definition) is 3. The van der Waals surface area contributed by atoms with E-state index < -0.39 is 0 Å². The van der Waals surface area contributed by atoms with Gasteiger partial charge in [-0.3, -0.25) is 9.69 Å². The molecule has 1 aliphatic heterocycles. The molecule has 3 N–H and O–H groups in total. The summed E-state index contributed by atoms with van der Waals surface area (Å²) in [5, 5.41) is 3.29. The number of benzene rings is 2. The first kappa shape index (κ1) is 18.9. The van der Waals surface area contributed by atoms with E-state index >= 15 is 0 Å². The summed E-state index contributed by atoms with van der Waals surface area (Å²) in [6, 6.07) is 12.8. The van der Waals surface area contributed by atoms with Crippen molar-refractivity contribution in [3.63, 3.8) is 0 Å². The zero-order chi connectivity index (χ0) is 19.5. The van der Waals surface area contributed by atoms with Crippen LogP contribution in [0, 0.1) is 11.7 Å². The Balaban J connectivity index is 1.39. The fourth-order valence-corrected chi connectivity index (χ4v) is 4.58. The number of likely N-dealkylation sites (tertiary alicyclic amines) is 1. The smallest absolute Gasteiger partial charge is 0.224 e. The van der Waals surface area contributed by atoms with Gasteiger partial charge in [0.2, 0.25) is 5.91 Å². The maximum atomic E-state index is 13.4. The molecule has 2 aromatic carbocycles. The van der Waals surface area contributed by atoms with E-state index in [1.807, 2.05) is 18.2 Å². The average Bonchev–Trinajstić information content (AvgIpc) is 2.68. The van der Waals surface area contributed by atoms with Crippen LogP contribution in [0.2, 0.25) is 0 Å². The molecule has 4 rings (SSSR count). The highest BCUT2D eigenvalue weighted by atomic mass is 19.1. The number of nitrogens with zero attached hydrogens (tertiary/aromatic N) is 1. The van der Waals surface area contributed by atoms with E-state index in [1.54, 1.807) is 12.1 Å². The SMILES string of the molecule is Nc1ccc2c(c1)CCCC2NC(=O)C1CCCN(Cc2cccc(F)c2)C1. The van der Waals surface area contributed by atoms with Gasteiger partial charge in [0.25, 0.3) is 0 Å². The molecular formula is C23H28FN3O. The Morgan fingerprint density at radius 1 is 1.18 bits per heavy atom. The predicted octanol–water partition coefficient (Wildman–Crippen LogP) is 3.81. The number of rotatable bonds is 4. The third-order valence-electron chi connectivity index (χ3n) is 5.97. The second-order valence-corrected chi connectivity index (χ2v) is 8.12. The standard InChI is InChI=1S/C23H28FN3O/c24-19-7-1-4-16(12-19)14-27-11-3-6-18(15-27)23(28)26-22-8-2-5-17-13-20(25)9-10-21(17)22/h1,4,7,9-10,12-13,18,22H,2-3,5-6,8,11,14-15,25H2,(H,26,28). The van der Waals surface area contributed by atoms with E-state index in [0.29, 0.717) is 6.54 Å². The van der Waals surface area contributed by atoms with Crippen molar-refractivity contribution in [1.82, 2.24) is 10.2 Å². The summed E-state index contributed by atoms with van der Waals surface area (Å²) in [5.74, 6) is -0.0829. The number of fused-ring (bicyclic) bond motifs is 1. The van der Waals surface area contributed by atoms with Crippen LogP contribution in [0.3, 0.4) is 0 Å². The highest BCUT2D eigenvalue weighted by Gasteiger charge is 2.29. The number of nitrogens with one attached hydrogen (secondary N) is 1. The highest BCUT2D eigenvalue weighted by molar-refractivity contribution is 5.79. The molecule has 1 amide bonds. The Morgan fingerprint density at radius 3 is 2.93 bits per heavy atom. The molecule has 2 atom stereocenters. The van der Waals surface area contributed by atoms with Crippen LogP contribution in [0.1, 0.15) is 48.4 Å². The summed E-state index contributed by atoms with van der Waals surface area (Å²) in [6.45, 7) is 2.36. The van der Waals surface area contributed by atoms with Crippen LogP contribution < -0.4 is 11.1 Å². The van der Waals surface area contributed by atoms with Crippen molar-refractivity contribution in [3.8, 4) is 0 Å². The molecule has 0 spiro atoms. The van der Waals surface area contributed by atoms with E-state index in [2.05, 4.69) is 16.3 Å². The zero-order valence-corrected chi connectivity index (χ0v) is 16.2. The Bertz CT molecular complexity index is 853. The predicted molar refractivity (Wildman–Crippen MR) is 109 cm³/mol. The maximum absolute atomic E-state index is 13.4. The largest absolute Gasteiger partial charge is 0.399 e. The molecule has 148 valence electrons. The second kappa shape index (κ2) is 8.31. The fourth-order valence-electron chi connectivity index (χ4n) is 4.58. The van der Waals surface area contributed by atoms with Gasteiger partial charge >= 0.3 is 0 Å². The topological polar surface area (TPSA) is 58.4 Å². The number of nitrogens with two attached hydrogens (primary N) is 1. The van der Waals surface area contributed by atoms with E-state index in [9.17, 15) is 9.18 Å². The lowest BCUT2D eigenvalue weighted by Crippen LogP contribution is -2.44. The summed E-state index contributed by atoms with van der Waals surface area (Å²) in [5.41, 5.74) is 10.1. The molecule has 0 radical (unpaired) electrons. The van der Waals surface area contributed by atoms with Crippen LogP contribution in [-0.4, -0.2) is 23.9 Å². The Morgan fingerprint density at radius 2 is 2.07 bits per heavy atom. The molecular weight excluding hydrogens is 353 g/mol. The first-order valence-corrected chi connectivity index (χ1v) is 10.2. The highest BCUT2D eigenvalue weighted by Crippen LogP contribution is 2.31. The molecule has 2 unspecified atom stereocenters. The molecule has 1 aliphatic carbocycles. The molecule has 2 aliphatic rings. The quantitative estimate of drug-likeness (QED) is 0.792. The van der Waals surface area contributed by atoms with Crippen molar-refractivity contribution >= 4 is 11.6 Å². The Kier molecular flexibility index (Phi) is 5.62. The Hall–Kier alpha value is -2.40. The minimum Gasteiger partial charge on any atom is -0.399 e. The van der Waals surface area contributed by atoms with Gasteiger partial charge in [0, 0.05) is 18.8 Å². The average molecular weight is 381 g/mol. The van der Waals surface area contributed by atoms with Gasteiger partial charge in [0.05, 0.1) is 12.0 Å². The monoisotopic (exact) mass is 381 g/mol. The van der Waals surface area contributed by atoms with E-state index in [0.717, 1.165) is 56.4 Å². The molecule has 0 saturated carbocycles. The summed E-state index contributed by atoms with van der Waals surface area (Å²) in [7, 11) is 0. The number of hydrogen-bond donors (Lipinski definition) is 2. The molecule has 1 heterocycles. The minimum atomic E-state index is -0.208. The van der Waals surface area contributed by atoms with Gasteiger partial charge in [-0.05, 0) is 79.6 Å². The van der Waals surface area contributed by atoms with Crippen LogP contribution in [0.4, 0.5) is 10.1 Å². The molecule has 5 heteroatoms. The molecule has 1 fully saturated rings. The number of anilines is 1. The van der Waals surface area contributed by atoms with Crippen LogP contribution in [-0.2, 0) is 17.8 Å². The van der Waals surface area contributed by atoms with Gasteiger partial charge < -0.3 is 11.1 Å². The minimum absolute atomic E-state index is 0.0125. The molecule has 2 aromatic rings. The molecule has 4 nitrogen and oxygen atoms in total. The third kappa shape index (κ3) is 4.36. The van der Waals surface area contributed by atoms with E-state index in [1.165, 1.54) is 17.2 Å². The first-order chi connectivity index (χ1) is 13.6. The number of carbonyl (C=O) groups is 1. The van der Waals surface area contributed by atoms with Gasteiger partial charge in [0.15, 0.2) is 0 Å². The van der Waals surface area contributed by atoms with Gasteiger partial charge in [-0.1, -0.05) is 18.2 Å². The number of aryl methyl sites for hydroxylation is 1. The number of nitrogen functional groups attached to an aromatic ring is 1. The van der Waals surface area contributed by atoms with E-state index in [4.69, 9.17) is 5.73 Å². The normalized spacial score (nSPS) is 22.5. The number of carbonyl (C=O) groups excluding carboxylic acids is 1. The van der Waals surface area contributed by atoms with Gasteiger partial charge in [-0.2, -0.15) is 0 Å². The molecule has 1 saturated heterocycles. The number of amides is 1. The lowest BCUT2D eigenvalue weighted by molar-refractivity contribution is -0.127. The van der Waals surface area contributed by atoms with Gasteiger partial charge in [-0.15, -0.1) is 0 Å².